The molecule has 4 aromatic rings. The number of hydrogen-bond donors (Lipinski definition) is 3. The highest BCUT2D eigenvalue weighted by molar-refractivity contribution is 6.11. The third-order valence-corrected chi connectivity index (χ3v) is 4.00. The van der Waals surface area contributed by atoms with Crippen molar-refractivity contribution in [3.8, 4) is 11.1 Å². The fourth-order valence-corrected chi connectivity index (χ4v) is 2.80. The number of fused-ring (bicyclic) bond motifs is 1. The zero-order valence-corrected chi connectivity index (χ0v) is 14.0. The van der Waals surface area contributed by atoms with Gasteiger partial charge in [-0.2, -0.15) is 5.10 Å². The van der Waals surface area contributed by atoms with E-state index in [4.69, 9.17) is 5.73 Å². The number of nitrogens with two attached hydrogens (primary N) is 1. The number of hydrogen-bond acceptors (Lipinski definition) is 5. The molecule has 0 saturated carbocycles. The number of rotatable bonds is 3. The molecule has 1 amide bonds. The normalized spacial score (nSPS) is 10.8. The van der Waals surface area contributed by atoms with Gasteiger partial charge in [0.05, 0.1) is 23.1 Å². The molecule has 0 atom stereocenters. The second-order valence-corrected chi connectivity index (χ2v) is 6.04. The Bertz CT molecular complexity index is 1120. The fraction of sp³-hybridized carbons (Fsp3) is 0.0526. The number of H-pyrrole nitrogens is 1. The highest BCUT2D eigenvalue weighted by Gasteiger charge is 2.15. The van der Waals surface area contributed by atoms with E-state index in [0.29, 0.717) is 17.1 Å². The smallest absolute Gasteiger partial charge is 0.276 e. The fourth-order valence-electron chi connectivity index (χ4n) is 2.80. The van der Waals surface area contributed by atoms with Crippen LogP contribution in [0, 0.1) is 6.92 Å². The maximum absolute atomic E-state index is 12.6. The lowest BCUT2D eigenvalue weighted by molar-refractivity contribution is 0.102. The Morgan fingerprint density at radius 1 is 1.04 bits per heavy atom. The molecule has 0 spiro atoms. The summed E-state index contributed by atoms with van der Waals surface area (Å²) in [6, 6.07) is 9.41. The molecule has 0 bridgehead atoms. The lowest BCUT2D eigenvalue weighted by Gasteiger charge is -2.05. The summed E-state index contributed by atoms with van der Waals surface area (Å²) in [7, 11) is 0. The standard InChI is InChI=1S/C19H16N6O/c1-11-4-15(10-21-7-11)23-19(26)18-16-6-12(2-3-17(16)24-25-18)13-5-14(20)9-22-8-13/h2-10H,20H2,1H3,(H,23,26)(H,24,25). The predicted octanol–water partition coefficient (Wildman–Crippen LogP) is 3.16. The Morgan fingerprint density at radius 2 is 1.88 bits per heavy atom. The van der Waals surface area contributed by atoms with Crippen LogP contribution in [0.3, 0.4) is 0 Å². The minimum absolute atomic E-state index is 0.300. The summed E-state index contributed by atoms with van der Waals surface area (Å²) >= 11 is 0. The van der Waals surface area contributed by atoms with Crippen LogP contribution in [0.15, 0.2) is 55.1 Å². The number of aryl methyl sites for hydroxylation is 1. The second-order valence-electron chi connectivity index (χ2n) is 6.04. The first kappa shape index (κ1) is 15.8. The molecule has 7 heteroatoms. The van der Waals surface area contributed by atoms with Gasteiger partial charge >= 0.3 is 0 Å². The Labute approximate surface area is 149 Å². The van der Waals surface area contributed by atoms with E-state index in [1.54, 1.807) is 24.8 Å². The number of nitrogens with one attached hydrogen (secondary N) is 2. The van der Waals surface area contributed by atoms with E-state index in [1.807, 2.05) is 37.3 Å². The molecule has 3 aromatic heterocycles. The van der Waals surface area contributed by atoms with Crippen molar-refractivity contribution in [3.63, 3.8) is 0 Å². The van der Waals surface area contributed by atoms with E-state index in [-0.39, 0.29) is 5.91 Å². The van der Waals surface area contributed by atoms with E-state index in [9.17, 15) is 4.79 Å². The third-order valence-electron chi connectivity index (χ3n) is 4.00. The predicted molar refractivity (Wildman–Crippen MR) is 101 cm³/mol. The molecule has 0 saturated heterocycles. The van der Waals surface area contributed by atoms with Crippen LogP contribution >= 0.6 is 0 Å². The van der Waals surface area contributed by atoms with Crippen molar-refractivity contribution in [2.24, 2.45) is 0 Å². The highest BCUT2D eigenvalue weighted by Crippen LogP contribution is 2.26. The third kappa shape index (κ3) is 2.98. The summed E-state index contributed by atoms with van der Waals surface area (Å²) in [5.41, 5.74) is 10.9. The van der Waals surface area contributed by atoms with Crippen molar-refractivity contribution < 1.29 is 4.79 Å². The maximum atomic E-state index is 12.6. The number of nitrogen functional groups attached to an aromatic ring is 1. The summed E-state index contributed by atoms with van der Waals surface area (Å²) in [5, 5.41) is 10.6. The van der Waals surface area contributed by atoms with Gasteiger partial charge in [0.2, 0.25) is 0 Å². The topological polar surface area (TPSA) is 110 Å². The summed E-state index contributed by atoms with van der Waals surface area (Å²) < 4.78 is 0. The van der Waals surface area contributed by atoms with E-state index in [1.165, 1.54) is 0 Å². The number of aromatic amines is 1. The molecule has 4 rings (SSSR count). The number of carbonyl (C=O) groups excluding carboxylic acids is 1. The molecule has 26 heavy (non-hydrogen) atoms. The summed E-state index contributed by atoms with van der Waals surface area (Å²) in [6.45, 7) is 1.92. The number of amides is 1. The van der Waals surface area contributed by atoms with E-state index in [2.05, 4.69) is 25.5 Å². The highest BCUT2D eigenvalue weighted by atomic mass is 16.1. The number of pyridine rings is 2. The first-order chi connectivity index (χ1) is 12.6. The molecule has 0 unspecified atom stereocenters. The minimum Gasteiger partial charge on any atom is -0.397 e. The number of anilines is 2. The van der Waals surface area contributed by atoms with Gasteiger partial charge in [-0.05, 0) is 42.3 Å². The maximum Gasteiger partial charge on any atom is 0.276 e. The van der Waals surface area contributed by atoms with Gasteiger partial charge in [0.25, 0.3) is 5.91 Å². The Hall–Kier alpha value is -3.74. The molecule has 4 N–H and O–H groups in total. The molecule has 7 nitrogen and oxygen atoms in total. The average molecular weight is 344 g/mol. The molecule has 0 aliphatic carbocycles. The van der Waals surface area contributed by atoms with Gasteiger partial charge in [0, 0.05) is 29.5 Å². The SMILES string of the molecule is Cc1cncc(NC(=O)c2n[nH]c3ccc(-c4cncc(N)c4)cc23)c1. The van der Waals surface area contributed by atoms with Gasteiger partial charge in [0.1, 0.15) is 0 Å². The van der Waals surface area contributed by atoms with Gasteiger partial charge in [-0.15, -0.1) is 0 Å². The molecular weight excluding hydrogens is 328 g/mol. The largest absolute Gasteiger partial charge is 0.397 e. The van der Waals surface area contributed by atoms with Crippen LogP contribution in [0.2, 0.25) is 0 Å². The summed E-state index contributed by atoms with van der Waals surface area (Å²) in [4.78, 5) is 20.8. The van der Waals surface area contributed by atoms with Crippen LogP contribution in [0.1, 0.15) is 16.1 Å². The molecule has 1 aromatic carbocycles. The minimum atomic E-state index is -0.300. The zero-order chi connectivity index (χ0) is 18.1. The Kier molecular flexibility index (Phi) is 3.81. The first-order valence-electron chi connectivity index (χ1n) is 8.02. The van der Waals surface area contributed by atoms with Gasteiger partial charge in [0.15, 0.2) is 5.69 Å². The van der Waals surface area contributed by atoms with Crippen molar-refractivity contribution in [1.29, 1.82) is 0 Å². The van der Waals surface area contributed by atoms with E-state index >= 15 is 0 Å². The first-order valence-corrected chi connectivity index (χ1v) is 8.02. The van der Waals surface area contributed by atoms with Gasteiger partial charge in [-0.3, -0.25) is 19.9 Å². The molecule has 0 aliphatic rings. The van der Waals surface area contributed by atoms with Crippen LogP contribution < -0.4 is 11.1 Å². The van der Waals surface area contributed by atoms with Gasteiger partial charge in [-0.25, -0.2) is 0 Å². The van der Waals surface area contributed by atoms with Crippen LogP contribution in [-0.2, 0) is 0 Å². The molecule has 0 radical (unpaired) electrons. The van der Waals surface area contributed by atoms with Crippen molar-refractivity contribution >= 4 is 28.2 Å². The van der Waals surface area contributed by atoms with E-state index < -0.39 is 0 Å². The monoisotopic (exact) mass is 344 g/mol. The van der Waals surface area contributed by atoms with Crippen LogP contribution in [0.25, 0.3) is 22.0 Å². The summed E-state index contributed by atoms with van der Waals surface area (Å²) in [6.07, 6.45) is 6.65. The molecule has 128 valence electrons. The Balaban J connectivity index is 1.71. The van der Waals surface area contributed by atoms with Gasteiger partial charge < -0.3 is 11.1 Å². The van der Waals surface area contributed by atoms with Crippen LogP contribution in [0.5, 0.6) is 0 Å². The van der Waals surface area contributed by atoms with Crippen LogP contribution in [0.4, 0.5) is 11.4 Å². The van der Waals surface area contributed by atoms with Crippen molar-refractivity contribution in [3.05, 3.63) is 66.4 Å². The molecule has 0 aliphatic heterocycles. The summed E-state index contributed by atoms with van der Waals surface area (Å²) in [5.74, 6) is -0.300. The van der Waals surface area contributed by atoms with Gasteiger partial charge in [-0.1, -0.05) is 6.07 Å². The number of carbonyl (C=O) groups is 1. The van der Waals surface area contributed by atoms with Crippen molar-refractivity contribution in [2.75, 3.05) is 11.1 Å². The van der Waals surface area contributed by atoms with Crippen molar-refractivity contribution in [1.82, 2.24) is 20.2 Å². The second kappa shape index (κ2) is 6.29. The van der Waals surface area contributed by atoms with E-state index in [0.717, 1.165) is 27.6 Å². The zero-order valence-electron chi connectivity index (χ0n) is 14.0. The number of nitrogens with zero attached hydrogens (tertiary/aromatic N) is 3. The number of benzene rings is 1. The average Bonchev–Trinajstić information content (AvgIpc) is 3.05. The van der Waals surface area contributed by atoms with Crippen LogP contribution in [-0.4, -0.2) is 26.1 Å². The lowest BCUT2D eigenvalue weighted by Crippen LogP contribution is -2.13. The molecule has 0 fully saturated rings. The number of aromatic nitrogens is 4. The Morgan fingerprint density at radius 3 is 2.69 bits per heavy atom. The molecule has 3 heterocycles. The van der Waals surface area contributed by atoms with Crippen molar-refractivity contribution in [2.45, 2.75) is 6.92 Å². The molecular formula is C19H16N6O. The lowest BCUT2D eigenvalue weighted by atomic mass is 10.0. The quantitative estimate of drug-likeness (QED) is 0.529.